The normalized spacial score (nSPS) is 17.4. The third-order valence-corrected chi connectivity index (χ3v) is 0.731. The van der Waals surface area contributed by atoms with Crippen LogP contribution in [-0.2, 0) is 4.79 Å². The highest BCUT2D eigenvalue weighted by Crippen LogP contribution is 1.89. The second-order valence-electron chi connectivity index (χ2n) is 1.85. The van der Waals surface area contributed by atoms with Gasteiger partial charge in [-0.2, -0.15) is 0 Å². The van der Waals surface area contributed by atoms with Crippen LogP contribution < -0.4 is 5.73 Å². The molecule has 0 heterocycles. The SMILES string of the molecule is CC(N)CC(O)[C]=O. The largest absolute Gasteiger partial charge is 0.385 e. The van der Waals surface area contributed by atoms with Gasteiger partial charge in [0.1, 0.15) is 6.10 Å². The Bertz CT molecular complexity index is 72.8. The molecule has 3 nitrogen and oxygen atoms in total. The van der Waals surface area contributed by atoms with E-state index >= 15 is 0 Å². The Hall–Kier alpha value is -0.410. The van der Waals surface area contributed by atoms with Crippen LogP contribution >= 0.6 is 0 Å². The number of hydrogen-bond donors (Lipinski definition) is 2. The summed E-state index contributed by atoms with van der Waals surface area (Å²) in [6, 6.07) is -0.133. The molecule has 0 aromatic carbocycles. The van der Waals surface area contributed by atoms with Gasteiger partial charge in [0, 0.05) is 6.04 Å². The first-order valence-electron chi connectivity index (χ1n) is 2.48. The summed E-state index contributed by atoms with van der Waals surface area (Å²) in [5, 5.41) is 8.52. The molecule has 2 unspecified atom stereocenters. The summed E-state index contributed by atoms with van der Waals surface area (Å²) in [7, 11) is 0. The van der Waals surface area contributed by atoms with Crippen molar-refractivity contribution in [3.8, 4) is 0 Å². The van der Waals surface area contributed by atoms with E-state index in [2.05, 4.69) is 0 Å². The fourth-order valence-electron chi connectivity index (χ4n) is 0.400. The van der Waals surface area contributed by atoms with E-state index < -0.39 is 6.10 Å². The summed E-state index contributed by atoms with van der Waals surface area (Å²) in [5.74, 6) is 0. The van der Waals surface area contributed by atoms with Gasteiger partial charge in [0.05, 0.1) is 0 Å². The number of hydrogen-bond acceptors (Lipinski definition) is 3. The first kappa shape index (κ1) is 7.59. The van der Waals surface area contributed by atoms with Gasteiger partial charge in [0.25, 0.3) is 0 Å². The topological polar surface area (TPSA) is 63.3 Å². The van der Waals surface area contributed by atoms with E-state index in [1.807, 2.05) is 0 Å². The van der Waals surface area contributed by atoms with Crippen LogP contribution in [0.3, 0.4) is 0 Å². The van der Waals surface area contributed by atoms with Gasteiger partial charge in [0.2, 0.25) is 6.29 Å². The smallest absolute Gasteiger partial charge is 0.229 e. The first-order valence-corrected chi connectivity index (χ1v) is 2.48. The van der Waals surface area contributed by atoms with Crippen molar-refractivity contribution in [2.75, 3.05) is 0 Å². The summed E-state index contributed by atoms with van der Waals surface area (Å²) in [4.78, 5) is 9.61. The van der Waals surface area contributed by atoms with Crippen molar-refractivity contribution in [3.63, 3.8) is 0 Å². The summed E-state index contributed by atoms with van der Waals surface area (Å²) in [5.41, 5.74) is 5.23. The lowest BCUT2D eigenvalue weighted by molar-refractivity contribution is 0.216. The molecule has 3 N–H and O–H groups in total. The maximum Gasteiger partial charge on any atom is 0.229 e. The van der Waals surface area contributed by atoms with Crippen LogP contribution in [0.1, 0.15) is 13.3 Å². The molecule has 0 saturated heterocycles. The van der Waals surface area contributed by atoms with E-state index in [0.29, 0.717) is 6.42 Å². The molecule has 0 rings (SSSR count). The Labute approximate surface area is 48.5 Å². The molecule has 0 spiro atoms. The Balaban J connectivity index is 3.23. The molecule has 0 fully saturated rings. The van der Waals surface area contributed by atoms with Gasteiger partial charge in [-0.1, -0.05) is 0 Å². The molecule has 3 heteroatoms. The lowest BCUT2D eigenvalue weighted by atomic mass is 10.2. The molecule has 0 saturated carbocycles. The standard InChI is InChI=1S/C5H10NO2/c1-4(6)2-5(8)3-7/h4-5,8H,2,6H2,1H3. The van der Waals surface area contributed by atoms with E-state index in [1.54, 1.807) is 6.92 Å². The van der Waals surface area contributed by atoms with Gasteiger partial charge >= 0.3 is 0 Å². The van der Waals surface area contributed by atoms with Crippen LogP contribution in [0, 0.1) is 0 Å². The minimum atomic E-state index is -1.00. The molecule has 47 valence electrons. The van der Waals surface area contributed by atoms with E-state index in [0.717, 1.165) is 0 Å². The zero-order valence-corrected chi connectivity index (χ0v) is 4.79. The lowest BCUT2D eigenvalue weighted by Crippen LogP contribution is -2.23. The van der Waals surface area contributed by atoms with Crippen molar-refractivity contribution in [2.24, 2.45) is 5.73 Å². The lowest BCUT2D eigenvalue weighted by Gasteiger charge is -2.03. The molecule has 0 bridgehead atoms. The first-order chi connectivity index (χ1) is 3.66. The second kappa shape index (κ2) is 3.57. The minimum Gasteiger partial charge on any atom is -0.385 e. The predicted molar refractivity (Wildman–Crippen MR) is 30.0 cm³/mol. The van der Waals surface area contributed by atoms with Crippen molar-refractivity contribution in [3.05, 3.63) is 0 Å². The highest BCUT2D eigenvalue weighted by Gasteiger charge is 2.04. The Morgan fingerprint density at radius 1 is 1.88 bits per heavy atom. The van der Waals surface area contributed by atoms with Gasteiger partial charge < -0.3 is 10.8 Å². The van der Waals surface area contributed by atoms with Crippen LogP contribution in [0.15, 0.2) is 0 Å². The van der Waals surface area contributed by atoms with Gasteiger partial charge in [-0.05, 0) is 13.3 Å². The molecule has 2 atom stereocenters. The number of rotatable bonds is 3. The molecular formula is C5H10NO2. The van der Waals surface area contributed by atoms with Gasteiger partial charge in [0.15, 0.2) is 0 Å². The van der Waals surface area contributed by atoms with Crippen LogP contribution in [0.2, 0.25) is 0 Å². The summed E-state index contributed by atoms with van der Waals surface area (Å²) >= 11 is 0. The van der Waals surface area contributed by atoms with Crippen LogP contribution in [0.4, 0.5) is 0 Å². The van der Waals surface area contributed by atoms with Crippen LogP contribution in [-0.4, -0.2) is 23.5 Å². The summed E-state index contributed by atoms with van der Waals surface area (Å²) in [6.07, 6.45) is 0.712. The average molecular weight is 116 g/mol. The van der Waals surface area contributed by atoms with Crippen molar-refractivity contribution in [2.45, 2.75) is 25.5 Å². The van der Waals surface area contributed by atoms with Crippen molar-refractivity contribution in [1.29, 1.82) is 0 Å². The summed E-state index contributed by atoms with van der Waals surface area (Å²) in [6.45, 7) is 1.72. The Morgan fingerprint density at radius 3 is 2.50 bits per heavy atom. The molecule has 0 aliphatic heterocycles. The van der Waals surface area contributed by atoms with Gasteiger partial charge in [-0.25, -0.2) is 0 Å². The van der Waals surface area contributed by atoms with Gasteiger partial charge in [-0.15, -0.1) is 0 Å². The number of carbonyl (C=O) groups excluding carboxylic acids is 1. The fraction of sp³-hybridized carbons (Fsp3) is 0.800. The maximum atomic E-state index is 9.61. The van der Waals surface area contributed by atoms with Crippen LogP contribution in [0.5, 0.6) is 0 Å². The zero-order valence-electron chi connectivity index (χ0n) is 4.79. The third kappa shape index (κ3) is 3.77. The molecule has 0 aromatic heterocycles. The minimum absolute atomic E-state index is 0.133. The van der Waals surface area contributed by atoms with Crippen molar-refractivity contribution in [1.82, 2.24) is 0 Å². The highest BCUT2D eigenvalue weighted by atomic mass is 16.3. The Kier molecular flexibility index (Phi) is 3.39. The number of aliphatic hydroxyl groups excluding tert-OH is 1. The van der Waals surface area contributed by atoms with E-state index in [4.69, 9.17) is 10.8 Å². The van der Waals surface area contributed by atoms with Gasteiger partial charge in [-0.3, -0.25) is 4.79 Å². The maximum absolute atomic E-state index is 9.61. The quantitative estimate of drug-likeness (QED) is 0.507. The third-order valence-electron chi connectivity index (χ3n) is 0.731. The second-order valence-corrected chi connectivity index (χ2v) is 1.85. The molecule has 1 radical (unpaired) electrons. The number of aliphatic hydroxyl groups is 1. The highest BCUT2D eigenvalue weighted by molar-refractivity contribution is 5.56. The fourth-order valence-corrected chi connectivity index (χ4v) is 0.400. The zero-order chi connectivity index (χ0) is 6.57. The number of nitrogens with two attached hydrogens (primary N) is 1. The van der Waals surface area contributed by atoms with E-state index in [-0.39, 0.29) is 6.04 Å². The molecule has 0 amide bonds. The molecule has 0 aromatic rings. The molecule has 0 aliphatic rings. The van der Waals surface area contributed by atoms with E-state index in [9.17, 15) is 4.79 Å². The van der Waals surface area contributed by atoms with Crippen molar-refractivity contribution < 1.29 is 9.90 Å². The molecule has 8 heavy (non-hydrogen) atoms. The predicted octanol–water partition coefficient (Wildman–Crippen LogP) is -0.806. The van der Waals surface area contributed by atoms with Crippen molar-refractivity contribution >= 4 is 6.29 Å². The summed E-state index contributed by atoms with van der Waals surface area (Å²) < 4.78 is 0. The molecular weight excluding hydrogens is 106 g/mol. The monoisotopic (exact) mass is 116 g/mol. The average Bonchev–Trinajstić information content (AvgIpc) is 1.65. The van der Waals surface area contributed by atoms with Crippen LogP contribution in [0.25, 0.3) is 0 Å². The van der Waals surface area contributed by atoms with E-state index in [1.165, 1.54) is 6.29 Å². The Morgan fingerprint density at radius 2 is 2.38 bits per heavy atom. The molecule has 0 aliphatic carbocycles.